The van der Waals surface area contributed by atoms with Crippen molar-refractivity contribution in [1.82, 2.24) is 9.47 Å². The molecule has 1 fully saturated rings. The van der Waals surface area contributed by atoms with Crippen molar-refractivity contribution >= 4 is 11.7 Å². The summed E-state index contributed by atoms with van der Waals surface area (Å²) in [6, 6.07) is 1.94. The Labute approximate surface area is 126 Å². The van der Waals surface area contributed by atoms with E-state index in [0.29, 0.717) is 11.6 Å². The van der Waals surface area contributed by atoms with Gasteiger partial charge in [-0.25, -0.2) is 4.79 Å². The monoisotopic (exact) mass is 291 g/mol. The number of hydrogen-bond acceptors (Lipinski definition) is 2. The van der Waals surface area contributed by atoms with Crippen molar-refractivity contribution < 1.29 is 4.79 Å². The molecule has 2 amide bonds. The third kappa shape index (κ3) is 3.28. The quantitative estimate of drug-likeness (QED) is 0.911. The number of piperidine rings is 1. The lowest BCUT2D eigenvalue weighted by Crippen LogP contribution is -2.48. The van der Waals surface area contributed by atoms with Crippen LogP contribution in [0.15, 0.2) is 17.1 Å². The summed E-state index contributed by atoms with van der Waals surface area (Å²) in [7, 11) is 1.69. The van der Waals surface area contributed by atoms with Crippen LogP contribution in [0, 0.1) is 12.8 Å². The highest BCUT2D eigenvalue weighted by molar-refractivity contribution is 5.90. The van der Waals surface area contributed by atoms with E-state index in [9.17, 15) is 9.59 Å². The number of urea groups is 1. The van der Waals surface area contributed by atoms with E-state index in [-0.39, 0.29) is 17.6 Å². The summed E-state index contributed by atoms with van der Waals surface area (Å²) in [5, 5.41) is 2.83. The lowest BCUT2D eigenvalue weighted by Gasteiger charge is -2.38. The fourth-order valence-corrected chi connectivity index (χ4v) is 2.95. The largest absolute Gasteiger partial charge is 0.322 e. The first-order chi connectivity index (χ1) is 9.91. The zero-order valence-electron chi connectivity index (χ0n) is 13.3. The molecule has 116 valence electrons. The minimum Gasteiger partial charge on any atom is -0.321 e. The van der Waals surface area contributed by atoms with Crippen LogP contribution in [0.5, 0.6) is 0 Å². The predicted molar refractivity (Wildman–Crippen MR) is 84.6 cm³/mol. The molecular formula is C16H25N3O2. The van der Waals surface area contributed by atoms with Crippen molar-refractivity contribution in [3.05, 3.63) is 28.2 Å². The average molecular weight is 291 g/mol. The highest BCUT2D eigenvalue weighted by Gasteiger charge is 2.29. The molecule has 1 aliphatic heterocycles. The third-order valence-corrected chi connectivity index (χ3v) is 4.29. The number of amides is 2. The Balaban J connectivity index is 2.21. The Hall–Kier alpha value is -1.78. The van der Waals surface area contributed by atoms with Gasteiger partial charge in [-0.05, 0) is 43.7 Å². The molecule has 0 saturated carbocycles. The number of anilines is 1. The van der Waals surface area contributed by atoms with Crippen molar-refractivity contribution in [3.8, 4) is 0 Å². The smallest absolute Gasteiger partial charge is 0.321 e. The van der Waals surface area contributed by atoms with Gasteiger partial charge in [-0.15, -0.1) is 0 Å². The average Bonchev–Trinajstić information content (AvgIpc) is 2.47. The molecule has 0 aliphatic carbocycles. The van der Waals surface area contributed by atoms with Gasteiger partial charge in [0.05, 0.1) is 0 Å². The summed E-state index contributed by atoms with van der Waals surface area (Å²) >= 11 is 0. The Morgan fingerprint density at radius 2 is 2.10 bits per heavy atom. The second-order valence-electron chi connectivity index (χ2n) is 6.22. The van der Waals surface area contributed by atoms with E-state index in [0.717, 1.165) is 24.9 Å². The molecule has 5 heteroatoms. The predicted octanol–water partition coefficient (Wildman–Crippen LogP) is 2.74. The number of nitrogens with one attached hydrogen (secondary N) is 1. The molecule has 1 N–H and O–H groups in total. The fraction of sp³-hybridized carbons (Fsp3) is 0.625. The van der Waals surface area contributed by atoms with Crippen molar-refractivity contribution in [2.75, 3.05) is 11.9 Å². The molecule has 0 unspecified atom stereocenters. The van der Waals surface area contributed by atoms with Crippen molar-refractivity contribution in [2.24, 2.45) is 13.0 Å². The van der Waals surface area contributed by atoms with Crippen LogP contribution < -0.4 is 10.9 Å². The zero-order valence-corrected chi connectivity index (χ0v) is 13.3. The molecule has 0 aromatic carbocycles. The molecule has 1 atom stereocenters. The molecule has 2 rings (SSSR count). The normalized spacial score (nSPS) is 18.9. The number of carbonyl (C=O) groups is 1. The van der Waals surface area contributed by atoms with Gasteiger partial charge in [0.1, 0.15) is 5.69 Å². The molecule has 0 bridgehead atoms. The van der Waals surface area contributed by atoms with Crippen molar-refractivity contribution in [2.45, 2.75) is 46.1 Å². The van der Waals surface area contributed by atoms with E-state index < -0.39 is 0 Å². The van der Waals surface area contributed by atoms with Crippen LogP contribution in [0.25, 0.3) is 0 Å². The summed E-state index contributed by atoms with van der Waals surface area (Å²) < 4.78 is 1.48. The molecule has 1 aromatic rings. The Morgan fingerprint density at radius 1 is 1.38 bits per heavy atom. The summed E-state index contributed by atoms with van der Waals surface area (Å²) in [4.78, 5) is 26.6. The lowest BCUT2D eigenvalue weighted by atomic mass is 9.93. The summed E-state index contributed by atoms with van der Waals surface area (Å²) in [6.07, 6.45) is 4.95. The number of hydrogen-bond donors (Lipinski definition) is 1. The number of carbonyl (C=O) groups excluding carboxylic acids is 1. The van der Waals surface area contributed by atoms with Gasteiger partial charge in [-0.1, -0.05) is 13.8 Å². The maximum atomic E-state index is 12.6. The summed E-state index contributed by atoms with van der Waals surface area (Å²) in [5.41, 5.74) is 1.02. The van der Waals surface area contributed by atoms with Crippen molar-refractivity contribution in [1.29, 1.82) is 0 Å². The molecule has 2 heterocycles. The second kappa shape index (κ2) is 6.33. The molecule has 21 heavy (non-hydrogen) atoms. The fourth-order valence-electron chi connectivity index (χ4n) is 2.95. The minimum atomic E-state index is -0.165. The number of aromatic nitrogens is 1. The molecule has 1 saturated heterocycles. The third-order valence-electron chi connectivity index (χ3n) is 4.29. The van der Waals surface area contributed by atoms with Gasteiger partial charge < -0.3 is 14.8 Å². The van der Waals surface area contributed by atoms with Crippen molar-refractivity contribution in [3.63, 3.8) is 0 Å². The Morgan fingerprint density at radius 3 is 2.76 bits per heavy atom. The number of pyridine rings is 1. The molecule has 0 spiro atoms. The summed E-state index contributed by atoms with van der Waals surface area (Å²) in [6.45, 7) is 6.89. The van der Waals surface area contributed by atoms with Crippen LogP contribution in [0.4, 0.5) is 10.5 Å². The second-order valence-corrected chi connectivity index (χ2v) is 6.22. The van der Waals surface area contributed by atoms with Gasteiger partial charge in [0.15, 0.2) is 0 Å². The van der Waals surface area contributed by atoms with E-state index in [1.807, 2.05) is 17.9 Å². The Kier molecular flexibility index (Phi) is 4.70. The van der Waals surface area contributed by atoms with E-state index in [1.165, 1.54) is 11.0 Å². The lowest BCUT2D eigenvalue weighted by molar-refractivity contribution is 0.138. The van der Waals surface area contributed by atoms with E-state index in [1.54, 1.807) is 13.2 Å². The number of aryl methyl sites for hydroxylation is 2. The van der Waals surface area contributed by atoms with Gasteiger partial charge in [0.2, 0.25) is 0 Å². The Bertz CT molecular complexity index is 577. The number of rotatable bonds is 2. The van der Waals surface area contributed by atoms with E-state index in [2.05, 4.69) is 19.2 Å². The number of nitrogens with zero attached hydrogens (tertiary/aromatic N) is 2. The van der Waals surface area contributed by atoms with Crippen LogP contribution >= 0.6 is 0 Å². The topological polar surface area (TPSA) is 54.3 Å². The van der Waals surface area contributed by atoms with Gasteiger partial charge in [-0.2, -0.15) is 0 Å². The van der Waals surface area contributed by atoms with Gasteiger partial charge in [0.25, 0.3) is 5.56 Å². The first kappa shape index (κ1) is 15.6. The first-order valence-corrected chi connectivity index (χ1v) is 7.65. The van der Waals surface area contributed by atoms with E-state index in [4.69, 9.17) is 0 Å². The molecule has 1 aliphatic rings. The van der Waals surface area contributed by atoms with Crippen LogP contribution in [0.3, 0.4) is 0 Å². The van der Waals surface area contributed by atoms with Gasteiger partial charge in [0, 0.05) is 25.8 Å². The van der Waals surface area contributed by atoms with Crippen LogP contribution in [0.1, 0.15) is 38.7 Å². The molecule has 1 aromatic heterocycles. The van der Waals surface area contributed by atoms with Gasteiger partial charge >= 0.3 is 6.03 Å². The molecular weight excluding hydrogens is 266 g/mol. The van der Waals surface area contributed by atoms with Gasteiger partial charge in [-0.3, -0.25) is 4.79 Å². The molecule has 5 nitrogen and oxygen atoms in total. The van der Waals surface area contributed by atoms with E-state index >= 15 is 0 Å². The zero-order chi connectivity index (χ0) is 15.6. The summed E-state index contributed by atoms with van der Waals surface area (Å²) in [5.74, 6) is 0.427. The SMILES string of the molecule is Cc1ccn(C)c(=O)c1NC(=O)N1CCCC[C@H]1C(C)C. The standard InChI is InChI=1S/C16H25N3O2/c1-11(2)13-7-5-6-9-19(13)16(21)17-14-12(3)8-10-18(4)15(14)20/h8,10-11,13H,5-7,9H2,1-4H3,(H,17,21)/t13-/m0/s1. The highest BCUT2D eigenvalue weighted by atomic mass is 16.2. The highest BCUT2D eigenvalue weighted by Crippen LogP contribution is 2.24. The maximum absolute atomic E-state index is 12.6. The maximum Gasteiger partial charge on any atom is 0.322 e. The molecule has 0 radical (unpaired) electrons. The minimum absolute atomic E-state index is 0.153. The van der Waals surface area contributed by atoms with Crippen LogP contribution in [-0.4, -0.2) is 28.1 Å². The van der Waals surface area contributed by atoms with Crippen LogP contribution in [-0.2, 0) is 7.05 Å². The van der Waals surface area contributed by atoms with Crippen LogP contribution in [0.2, 0.25) is 0 Å². The number of likely N-dealkylation sites (tertiary alicyclic amines) is 1. The first-order valence-electron chi connectivity index (χ1n) is 7.65.